The van der Waals surface area contributed by atoms with Crippen molar-refractivity contribution in [3.8, 4) is 0 Å². The number of aliphatic carboxylic acids is 1. The summed E-state index contributed by atoms with van der Waals surface area (Å²) >= 11 is 0. The number of unbranched alkanes of at least 4 members (excludes halogenated alkanes) is 1. The molecule has 0 unspecified atom stereocenters. The SMILES string of the molecule is CCOC(=O)[C@@H](CCCCc1ccccc1)C(=O)O. The van der Waals surface area contributed by atoms with E-state index in [1.54, 1.807) is 6.92 Å². The van der Waals surface area contributed by atoms with Crippen molar-refractivity contribution in [2.24, 2.45) is 5.92 Å². The van der Waals surface area contributed by atoms with Crippen molar-refractivity contribution in [1.29, 1.82) is 0 Å². The van der Waals surface area contributed by atoms with E-state index >= 15 is 0 Å². The molecule has 104 valence electrons. The molecular weight excluding hydrogens is 244 g/mol. The van der Waals surface area contributed by atoms with E-state index in [-0.39, 0.29) is 6.61 Å². The topological polar surface area (TPSA) is 63.6 Å². The molecule has 0 fully saturated rings. The van der Waals surface area contributed by atoms with Crippen LogP contribution < -0.4 is 0 Å². The van der Waals surface area contributed by atoms with Crippen LogP contribution in [0.4, 0.5) is 0 Å². The first-order valence-corrected chi connectivity index (χ1v) is 6.58. The number of aryl methyl sites for hydroxylation is 1. The normalized spacial score (nSPS) is 11.8. The number of carboxylic acid groups (broad SMARTS) is 1. The zero-order valence-corrected chi connectivity index (χ0v) is 11.2. The minimum absolute atomic E-state index is 0.215. The molecule has 0 aliphatic heterocycles. The van der Waals surface area contributed by atoms with Crippen LogP contribution >= 0.6 is 0 Å². The van der Waals surface area contributed by atoms with Crippen LogP contribution in [-0.2, 0) is 20.7 Å². The molecule has 4 heteroatoms. The Labute approximate surface area is 113 Å². The third-order valence-corrected chi connectivity index (χ3v) is 2.92. The lowest BCUT2D eigenvalue weighted by Gasteiger charge is -2.10. The molecule has 1 N–H and O–H groups in total. The van der Waals surface area contributed by atoms with Gasteiger partial charge in [-0.05, 0) is 31.7 Å². The predicted octanol–water partition coefficient (Wildman–Crippen LogP) is 2.66. The molecule has 1 rings (SSSR count). The number of benzene rings is 1. The minimum Gasteiger partial charge on any atom is -0.481 e. The summed E-state index contributed by atoms with van der Waals surface area (Å²) in [6, 6.07) is 10.0. The van der Waals surface area contributed by atoms with Crippen molar-refractivity contribution in [2.45, 2.75) is 32.6 Å². The van der Waals surface area contributed by atoms with Crippen molar-refractivity contribution in [3.05, 3.63) is 35.9 Å². The Morgan fingerprint density at radius 3 is 2.47 bits per heavy atom. The fourth-order valence-electron chi connectivity index (χ4n) is 1.91. The predicted molar refractivity (Wildman–Crippen MR) is 71.8 cm³/mol. The van der Waals surface area contributed by atoms with Crippen LogP contribution in [0.1, 0.15) is 31.7 Å². The monoisotopic (exact) mass is 264 g/mol. The highest BCUT2D eigenvalue weighted by atomic mass is 16.5. The summed E-state index contributed by atoms with van der Waals surface area (Å²) in [4.78, 5) is 22.4. The Hall–Kier alpha value is -1.84. The van der Waals surface area contributed by atoms with Crippen molar-refractivity contribution in [2.75, 3.05) is 6.61 Å². The van der Waals surface area contributed by atoms with Gasteiger partial charge in [-0.2, -0.15) is 0 Å². The van der Waals surface area contributed by atoms with Gasteiger partial charge in [0.25, 0.3) is 0 Å². The standard InChI is InChI=1S/C15H20O4/c1-2-19-15(18)13(14(16)17)11-7-6-10-12-8-4-3-5-9-12/h3-5,8-9,13H,2,6-7,10-11H2,1H3,(H,16,17)/t13-/m0/s1. The van der Waals surface area contributed by atoms with Crippen LogP contribution in [0.25, 0.3) is 0 Å². The largest absolute Gasteiger partial charge is 0.481 e. The summed E-state index contributed by atoms with van der Waals surface area (Å²) in [5.41, 5.74) is 1.23. The Balaban J connectivity index is 2.33. The van der Waals surface area contributed by atoms with E-state index in [4.69, 9.17) is 9.84 Å². The van der Waals surface area contributed by atoms with Crippen molar-refractivity contribution in [3.63, 3.8) is 0 Å². The van der Waals surface area contributed by atoms with Gasteiger partial charge in [0.2, 0.25) is 0 Å². The molecule has 1 atom stereocenters. The summed E-state index contributed by atoms with van der Waals surface area (Å²) in [5.74, 6) is -2.76. The number of carbonyl (C=O) groups is 2. The van der Waals surface area contributed by atoms with Gasteiger partial charge in [0, 0.05) is 0 Å². The molecule has 0 radical (unpaired) electrons. The number of rotatable bonds is 8. The number of hydrogen-bond acceptors (Lipinski definition) is 3. The highest BCUT2D eigenvalue weighted by Crippen LogP contribution is 2.13. The van der Waals surface area contributed by atoms with Crippen LogP contribution in [0, 0.1) is 5.92 Å². The molecule has 0 saturated carbocycles. The van der Waals surface area contributed by atoms with Crippen molar-refractivity contribution in [1.82, 2.24) is 0 Å². The van der Waals surface area contributed by atoms with Gasteiger partial charge < -0.3 is 9.84 Å². The van der Waals surface area contributed by atoms with Gasteiger partial charge in [-0.1, -0.05) is 36.8 Å². The lowest BCUT2D eigenvalue weighted by atomic mass is 10.00. The molecule has 1 aromatic rings. The first-order valence-electron chi connectivity index (χ1n) is 6.58. The summed E-state index contributed by atoms with van der Waals surface area (Å²) < 4.78 is 4.76. The molecule has 0 aliphatic rings. The third kappa shape index (κ3) is 5.55. The summed E-state index contributed by atoms with van der Waals surface area (Å²) in [5, 5.41) is 8.99. The fourth-order valence-corrected chi connectivity index (χ4v) is 1.91. The molecule has 4 nitrogen and oxygen atoms in total. The van der Waals surface area contributed by atoms with Crippen LogP contribution in [0.3, 0.4) is 0 Å². The summed E-state index contributed by atoms with van der Waals surface area (Å²) in [6.07, 6.45) is 2.80. The van der Waals surface area contributed by atoms with E-state index in [0.29, 0.717) is 12.8 Å². The molecule has 0 spiro atoms. The lowest BCUT2D eigenvalue weighted by molar-refractivity contribution is -0.158. The fraction of sp³-hybridized carbons (Fsp3) is 0.467. The number of hydrogen-bond donors (Lipinski definition) is 1. The van der Waals surface area contributed by atoms with Crippen LogP contribution in [0.15, 0.2) is 30.3 Å². The highest BCUT2D eigenvalue weighted by Gasteiger charge is 2.26. The second-order valence-electron chi connectivity index (χ2n) is 4.37. The summed E-state index contributed by atoms with van der Waals surface area (Å²) in [6.45, 7) is 1.89. The molecule has 0 amide bonds. The minimum atomic E-state index is -1.10. The Bertz CT molecular complexity index is 400. The molecule has 0 aromatic heterocycles. The van der Waals surface area contributed by atoms with Gasteiger partial charge in [-0.3, -0.25) is 9.59 Å². The zero-order valence-electron chi connectivity index (χ0n) is 11.2. The number of esters is 1. The highest BCUT2D eigenvalue weighted by molar-refractivity contribution is 5.93. The molecule has 0 aliphatic carbocycles. The maximum absolute atomic E-state index is 11.4. The Morgan fingerprint density at radius 2 is 1.89 bits per heavy atom. The Kier molecular flexibility index (Phi) is 6.64. The third-order valence-electron chi connectivity index (χ3n) is 2.92. The van der Waals surface area contributed by atoms with E-state index in [2.05, 4.69) is 0 Å². The molecule has 19 heavy (non-hydrogen) atoms. The quantitative estimate of drug-likeness (QED) is 0.445. The van der Waals surface area contributed by atoms with Gasteiger partial charge in [-0.25, -0.2) is 0 Å². The number of carboxylic acids is 1. The van der Waals surface area contributed by atoms with E-state index in [1.165, 1.54) is 5.56 Å². The van der Waals surface area contributed by atoms with E-state index in [9.17, 15) is 9.59 Å². The Morgan fingerprint density at radius 1 is 1.21 bits per heavy atom. The smallest absolute Gasteiger partial charge is 0.320 e. The maximum atomic E-state index is 11.4. The van der Waals surface area contributed by atoms with Crippen LogP contribution in [-0.4, -0.2) is 23.7 Å². The van der Waals surface area contributed by atoms with Gasteiger partial charge >= 0.3 is 11.9 Å². The van der Waals surface area contributed by atoms with Gasteiger partial charge in [0.15, 0.2) is 5.92 Å². The first-order chi connectivity index (χ1) is 9.15. The molecule has 0 bridgehead atoms. The maximum Gasteiger partial charge on any atom is 0.320 e. The van der Waals surface area contributed by atoms with Gasteiger partial charge in [0.05, 0.1) is 6.61 Å². The number of carbonyl (C=O) groups excluding carboxylic acids is 1. The number of ether oxygens (including phenoxy) is 1. The van der Waals surface area contributed by atoms with Crippen LogP contribution in [0.2, 0.25) is 0 Å². The average molecular weight is 264 g/mol. The second kappa shape index (κ2) is 8.29. The molecular formula is C15H20O4. The van der Waals surface area contributed by atoms with Gasteiger partial charge in [0.1, 0.15) is 0 Å². The van der Waals surface area contributed by atoms with Crippen LogP contribution in [0.5, 0.6) is 0 Å². The van der Waals surface area contributed by atoms with Crippen molar-refractivity contribution >= 4 is 11.9 Å². The average Bonchev–Trinajstić information content (AvgIpc) is 2.39. The van der Waals surface area contributed by atoms with E-state index in [1.807, 2.05) is 30.3 Å². The first kappa shape index (κ1) is 15.2. The molecule has 1 aromatic carbocycles. The van der Waals surface area contributed by atoms with E-state index < -0.39 is 17.9 Å². The summed E-state index contributed by atoms with van der Waals surface area (Å²) in [7, 11) is 0. The zero-order chi connectivity index (χ0) is 14.1. The van der Waals surface area contributed by atoms with E-state index in [0.717, 1.165) is 12.8 Å². The molecule has 0 saturated heterocycles. The van der Waals surface area contributed by atoms with Gasteiger partial charge in [-0.15, -0.1) is 0 Å². The van der Waals surface area contributed by atoms with Crippen molar-refractivity contribution < 1.29 is 19.4 Å². The molecule has 0 heterocycles. The lowest BCUT2D eigenvalue weighted by Crippen LogP contribution is -2.25. The second-order valence-corrected chi connectivity index (χ2v) is 4.37.